The SMILES string of the molecule is COC(=O)c1cc(NCc2ccncc2)c(F)cc1F. The van der Waals surface area contributed by atoms with Crippen LogP contribution in [-0.4, -0.2) is 18.1 Å². The number of halogens is 2. The normalized spacial score (nSPS) is 10.2. The van der Waals surface area contributed by atoms with Gasteiger partial charge in [-0.3, -0.25) is 4.98 Å². The lowest BCUT2D eigenvalue weighted by Crippen LogP contribution is -2.08. The zero-order valence-corrected chi connectivity index (χ0v) is 10.7. The summed E-state index contributed by atoms with van der Waals surface area (Å²) in [7, 11) is 1.13. The highest BCUT2D eigenvalue weighted by atomic mass is 19.1. The lowest BCUT2D eigenvalue weighted by Gasteiger charge is -2.10. The van der Waals surface area contributed by atoms with Crippen LogP contribution >= 0.6 is 0 Å². The van der Waals surface area contributed by atoms with E-state index in [1.165, 1.54) is 0 Å². The first-order valence-corrected chi connectivity index (χ1v) is 5.82. The fourth-order valence-electron chi connectivity index (χ4n) is 1.65. The highest BCUT2D eigenvalue weighted by Gasteiger charge is 2.16. The maximum Gasteiger partial charge on any atom is 0.340 e. The Morgan fingerprint density at radius 1 is 1.25 bits per heavy atom. The Balaban J connectivity index is 2.21. The van der Waals surface area contributed by atoms with Gasteiger partial charge in [-0.1, -0.05) is 0 Å². The number of esters is 1. The Morgan fingerprint density at radius 2 is 1.95 bits per heavy atom. The monoisotopic (exact) mass is 278 g/mol. The van der Waals surface area contributed by atoms with Gasteiger partial charge in [-0.05, 0) is 23.8 Å². The molecule has 0 bridgehead atoms. The topological polar surface area (TPSA) is 51.2 Å². The van der Waals surface area contributed by atoms with Crippen LogP contribution in [0.4, 0.5) is 14.5 Å². The summed E-state index contributed by atoms with van der Waals surface area (Å²) in [6, 6.07) is 5.27. The Kier molecular flexibility index (Phi) is 4.24. The van der Waals surface area contributed by atoms with E-state index in [4.69, 9.17) is 0 Å². The van der Waals surface area contributed by atoms with E-state index in [0.717, 1.165) is 18.7 Å². The molecule has 0 amide bonds. The van der Waals surface area contributed by atoms with E-state index in [1.54, 1.807) is 24.5 Å². The average molecular weight is 278 g/mol. The van der Waals surface area contributed by atoms with Crippen molar-refractivity contribution in [1.82, 2.24) is 4.98 Å². The van der Waals surface area contributed by atoms with Gasteiger partial charge in [-0.2, -0.15) is 0 Å². The van der Waals surface area contributed by atoms with Gasteiger partial charge in [0, 0.05) is 25.0 Å². The minimum Gasteiger partial charge on any atom is -0.465 e. The van der Waals surface area contributed by atoms with E-state index < -0.39 is 17.6 Å². The Morgan fingerprint density at radius 3 is 2.60 bits per heavy atom. The highest BCUT2D eigenvalue weighted by Crippen LogP contribution is 2.20. The minimum absolute atomic E-state index is 0.0311. The van der Waals surface area contributed by atoms with Crippen molar-refractivity contribution in [2.75, 3.05) is 12.4 Å². The molecule has 0 atom stereocenters. The number of anilines is 1. The van der Waals surface area contributed by atoms with Crippen LogP contribution in [0.15, 0.2) is 36.7 Å². The molecule has 1 aromatic heterocycles. The van der Waals surface area contributed by atoms with E-state index >= 15 is 0 Å². The van der Waals surface area contributed by atoms with Crippen LogP contribution in [-0.2, 0) is 11.3 Å². The number of nitrogens with zero attached hydrogens (tertiary/aromatic N) is 1. The molecule has 1 aromatic carbocycles. The van der Waals surface area contributed by atoms with Crippen LogP contribution < -0.4 is 5.32 Å². The van der Waals surface area contributed by atoms with Gasteiger partial charge in [-0.25, -0.2) is 13.6 Å². The molecule has 2 rings (SSSR count). The lowest BCUT2D eigenvalue weighted by molar-refractivity contribution is 0.0595. The van der Waals surface area contributed by atoms with Crippen molar-refractivity contribution in [3.05, 3.63) is 59.4 Å². The van der Waals surface area contributed by atoms with Gasteiger partial charge >= 0.3 is 5.97 Å². The summed E-state index contributed by atoms with van der Waals surface area (Å²) >= 11 is 0. The molecule has 0 spiro atoms. The van der Waals surface area contributed by atoms with E-state index in [-0.39, 0.29) is 11.3 Å². The van der Waals surface area contributed by atoms with Crippen LogP contribution in [0.5, 0.6) is 0 Å². The van der Waals surface area contributed by atoms with Crippen molar-refractivity contribution in [1.29, 1.82) is 0 Å². The second kappa shape index (κ2) is 6.10. The molecular weight excluding hydrogens is 266 g/mol. The van der Waals surface area contributed by atoms with Gasteiger partial charge in [-0.15, -0.1) is 0 Å². The summed E-state index contributed by atoms with van der Waals surface area (Å²) in [5, 5.41) is 2.80. The number of pyridine rings is 1. The van der Waals surface area contributed by atoms with Crippen LogP contribution in [0.3, 0.4) is 0 Å². The van der Waals surface area contributed by atoms with Crippen molar-refractivity contribution in [3.63, 3.8) is 0 Å². The highest BCUT2D eigenvalue weighted by molar-refractivity contribution is 5.90. The number of hydrogen-bond donors (Lipinski definition) is 1. The third-order valence-electron chi connectivity index (χ3n) is 2.69. The summed E-state index contributed by atoms with van der Waals surface area (Å²) in [4.78, 5) is 15.2. The smallest absolute Gasteiger partial charge is 0.340 e. The number of hydrogen-bond acceptors (Lipinski definition) is 4. The quantitative estimate of drug-likeness (QED) is 0.874. The Hall–Kier alpha value is -2.50. The summed E-state index contributed by atoms with van der Waals surface area (Å²) in [5.41, 5.74) is 0.595. The van der Waals surface area contributed by atoms with Crippen molar-refractivity contribution < 1.29 is 18.3 Å². The number of aromatic nitrogens is 1. The summed E-state index contributed by atoms with van der Waals surface area (Å²) in [5.74, 6) is -2.58. The van der Waals surface area contributed by atoms with Crippen molar-refractivity contribution in [2.45, 2.75) is 6.54 Å². The largest absolute Gasteiger partial charge is 0.465 e. The van der Waals surface area contributed by atoms with Crippen molar-refractivity contribution in [3.8, 4) is 0 Å². The summed E-state index contributed by atoms with van der Waals surface area (Å²) < 4.78 is 31.5. The summed E-state index contributed by atoms with van der Waals surface area (Å²) in [6.45, 7) is 0.325. The fourth-order valence-corrected chi connectivity index (χ4v) is 1.65. The summed E-state index contributed by atoms with van der Waals surface area (Å²) in [6.07, 6.45) is 3.22. The van der Waals surface area contributed by atoms with Crippen molar-refractivity contribution in [2.24, 2.45) is 0 Å². The minimum atomic E-state index is -0.955. The van der Waals surface area contributed by atoms with Gasteiger partial charge < -0.3 is 10.1 Å². The van der Waals surface area contributed by atoms with Gasteiger partial charge in [0.1, 0.15) is 11.6 Å². The van der Waals surface area contributed by atoms with E-state index in [9.17, 15) is 13.6 Å². The second-order valence-corrected chi connectivity index (χ2v) is 4.01. The molecular formula is C14H12F2N2O2. The number of carbonyl (C=O) groups excluding carboxylic acids is 1. The molecule has 6 heteroatoms. The number of methoxy groups -OCH3 is 1. The van der Waals surface area contributed by atoms with E-state index in [2.05, 4.69) is 15.0 Å². The zero-order chi connectivity index (χ0) is 14.5. The van der Waals surface area contributed by atoms with Crippen molar-refractivity contribution >= 4 is 11.7 Å². The molecule has 20 heavy (non-hydrogen) atoms. The number of rotatable bonds is 4. The third-order valence-corrected chi connectivity index (χ3v) is 2.69. The lowest BCUT2D eigenvalue weighted by atomic mass is 10.1. The van der Waals surface area contributed by atoms with Crippen LogP contribution in [0.2, 0.25) is 0 Å². The third kappa shape index (κ3) is 3.09. The number of ether oxygens (including phenoxy) is 1. The first kappa shape index (κ1) is 13.9. The molecule has 0 aliphatic heterocycles. The van der Waals surface area contributed by atoms with Gasteiger partial charge in [0.25, 0.3) is 0 Å². The molecule has 0 unspecified atom stereocenters. The van der Waals surface area contributed by atoms with Crippen LogP contribution in [0.1, 0.15) is 15.9 Å². The second-order valence-electron chi connectivity index (χ2n) is 4.01. The molecule has 1 N–H and O–H groups in total. The maximum atomic E-state index is 13.6. The molecule has 0 aliphatic rings. The molecule has 0 fully saturated rings. The predicted molar refractivity (Wildman–Crippen MR) is 69.3 cm³/mol. The van der Waals surface area contributed by atoms with Crippen LogP contribution in [0.25, 0.3) is 0 Å². The Labute approximate surface area is 114 Å². The number of benzene rings is 1. The molecule has 0 saturated heterocycles. The number of carbonyl (C=O) groups is 1. The van der Waals surface area contributed by atoms with Gasteiger partial charge in [0.05, 0.1) is 18.4 Å². The molecule has 0 radical (unpaired) electrons. The van der Waals surface area contributed by atoms with E-state index in [0.29, 0.717) is 12.6 Å². The zero-order valence-electron chi connectivity index (χ0n) is 10.7. The maximum absolute atomic E-state index is 13.6. The molecule has 0 saturated carbocycles. The number of nitrogens with one attached hydrogen (secondary N) is 1. The van der Waals surface area contributed by atoms with Gasteiger partial charge in [0.2, 0.25) is 0 Å². The fraction of sp³-hybridized carbons (Fsp3) is 0.143. The molecule has 1 heterocycles. The standard InChI is InChI=1S/C14H12F2N2O2/c1-20-14(19)10-6-13(12(16)7-11(10)15)18-8-9-2-4-17-5-3-9/h2-7,18H,8H2,1H3. The van der Waals surface area contributed by atoms with E-state index in [1.807, 2.05) is 0 Å². The molecule has 104 valence electrons. The molecule has 4 nitrogen and oxygen atoms in total. The average Bonchev–Trinajstić information content (AvgIpc) is 2.46. The first-order valence-electron chi connectivity index (χ1n) is 5.82. The molecule has 0 aliphatic carbocycles. The molecule has 2 aromatic rings. The van der Waals surface area contributed by atoms with Crippen LogP contribution in [0, 0.1) is 11.6 Å². The van der Waals surface area contributed by atoms with Gasteiger partial charge in [0.15, 0.2) is 0 Å². The predicted octanol–water partition coefficient (Wildman–Crippen LogP) is 2.76. The Bertz CT molecular complexity index is 618. The first-order chi connectivity index (χ1) is 9.61.